The maximum absolute atomic E-state index is 12.5. The van der Waals surface area contributed by atoms with Gasteiger partial charge >= 0.3 is 0 Å². The Morgan fingerprint density at radius 2 is 2.15 bits per heavy atom. The lowest BCUT2D eigenvalue weighted by atomic mass is 10.2. The maximum Gasteiger partial charge on any atom is 0.234 e. The third kappa shape index (κ3) is 4.49. The molecule has 140 valence electrons. The van der Waals surface area contributed by atoms with E-state index in [1.165, 1.54) is 11.8 Å². The highest BCUT2D eigenvalue weighted by atomic mass is 35.5. The minimum atomic E-state index is -0.106. The van der Waals surface area contributed by atoms with Gasteiger partial charge in [0.05, 0.1) is 35.4 Å². The van der Waals surface area contributed by atoms with Gasteiger partial charge in [-0.05, 0) is 26.0 Å². The zero-order valence-electron chi connectivity index (χ0n) is 14.8. The van der Waals surface area contributed by atoms with Gasteiger partial charge in [0.1, 0.15) is 6.33 Å². The summed E-state index contributed by atoms with van der Waals surface area (Å²) in [4.78, 5) is 14.6. The lowest BCUT2D eigenvalue weighted by molar-refractivity contribution is -0.113. The van der Waals surface area contributed by atoms with Crippen molar-refractivity contribution in [3.63, 3.8) is 0 Å². The Balaban J connectivity index is 1.67. The smallest absolute Gasteiger partial charge is 0.234 e. The molecule has 26 heavy (non-hydrogen) atoms. The highest BCUT2D eigenvalue weighted by molar-refractivity contribution is 7.99. The van der Waals surface area contributed by atoms with Crippen molar-refractivity contribution in [2.24, 2.45) is 0 Å². The van der Waals surface area contributed by atoms with Crippen LogP contribution < -0.4 is 10.2 Å². The number of benzene rings is 1. The molecule has 0 radical (unpaired) electrons. The van der Waals surface area contributed by atoms with Gasteiger partial charge in [-0.1, -0.05) is 29.4 Å². The monoisotopic (exact) mass is 395 g/mol. The topological polar surface area (TPSA) is 72.3 Å². The number of hydrogen-bond donors (Lipinski definition) is 1. The molecule has 0 spiro atoms. The standard InChI is InChI=1S/C17H22ClN5O2S/c1-12(2)23-11-19-21-17(23)26-10-15(24)20-14-5-3-4-13(18)16(14)22-6-8-25-9-7-22/h3-5,11-12H,6-10H2,1-2H3,(H,20,24). The molecule has 0 saturated carbocycles. The molecule has 1 N–H and O–H groups in total. The summed E-state index contributed by atoms with van der Waals surface area (Å²) < 4.78 is 7.34. The van der Waals surface area contributed by atoms with Crippen LogP contribution in [-0.4, -0.2) is 52.7 Å². The van der Waals surface area contributed by atoms with Gasteiger partial charge < -0.3 is 19.5 Å². The Labute approximate surface area is 162 Å². The zero-order chi connectivity index (χ0) is 18.5. The first-order valence-corrected chi connectivity index (χ1v) is 9.86. The van der Waals surface area contributed by atoms with Gasteiger partial charge in [-0.2, -0.15) is 0 Å². The van der Waals surface area contributed by atoms with Crippen LogP contribution in [0.4, 0.5) is 11.4 Å². The number of rotatable bonds is 6. The number of nitrogens with zero attached hydrogens (tertiary/aromatic N) is 4. The van der Waals surface area contributed by atoms with E-state index in [9.17, 15) is 4.79 Å². The van der Waals surface area contributed by atoms with E-state index >= 15 is 0 Å². The van der Waals surface area contributed by atoms with E-state index in [-0.39, 0.29) is 17.7 Å². The normalized spacial score (nSPS) is 14.7. The number of nitrogens with one attached hydrogen (secondary N) is 1. The van der Waals surface area contributed by atoms with Gasteiger partial charge in [-0.25, -0.2) is 0 Å². The fourth-order valence-corrected chi connectivity index (χ4v) is 3.87. The van der Waals surface area contributed by atoms with Crippen LogP contribution in [0.2, 0.25) is 5.02 Å². The molecule has 0 unspecified atom stereocenters. The molecule has 2 heterocycles. The van der Waals surface area contributed by atoms with Crippen LogP contribution in [0.15, 0.2) is 29.7 Å². The van der Waals surface area contributed by atoms with E-state index in [1.54, 1.807) is 6.33 Å². The van der Waals surface area contributed by atoms with Crippen LogP contribution in [0, 0.1) is 0 Å². The highest BCUT2D eigenvalue weighted by Gasteiger charge is 2.19. The zero-order valence-corrected chi connectivity index (χ0v) is 16.4. The number of ether oxygens (including phenoxy) is 1. The summed E-state index contributed by atoms with van der Waals surface area (Å²) >= 11 is 7.77. The SMILES string of the molecule is CC(C)n1cnnc1SCC(=O)Nc1cccc(Cl)c1N1CCOCC1. The summed E-state index contributed by atoms with van der Waals surface area (Å²) in [7, 11) is 0. The molecule has 7 nitrogen and oxygen atoms in total. The summed E-state index contributed by atoms with van der Waals surface area (Å²) in [5.41, 5.74) is 1.57. The average Bonchev–Trinajstić information content (AvgIpc) is 3.10. The van der Waals surface area contributed by atoms with Crippen LogP contribution in [0.3, 0.4) is 0 Å². The van der Waals surface area contributed by atoms with Crippen molar-refractivity contribution in [1.82, 2.24) is 14.8 Å². The highest BCUT2D eigenvalue weighted by Crippen LogP contribution is 2.34. The number of halogens is 1. The number of hydrogen-bond acceptors (Lipinski definition) is 6. The summed E-state index contributed by atoms with van der Waals surface area (Å²) in [6, 6.07) is 5.79. The van der Waals surface area contributed by atoms with Crippen LogP contribution in [0.25, 0.3) is 0 Å². The number of anilines is 2. The van der Waals surface area contributed by atoms with Crippen molar-refractivity contribution in [2.75, 3.05) is 42.3 Å². The van der Waals surface area contributed by atoms with E-state index < -0.39 is 0 Å². The predicted molar refractivity (Wildman–Crippen MR) is 104 cm³/mol. The minimum Gasteiger partial charge on any atom is -0.378 e. The van der Waals surface area contributed by atoms with Crippen LogP contribution in [0.5, 0.6) is 0 Å². The number of carbonyl (C=O) groups is 1. The number of aromatic nitrogens is 3. The van der Waals surface area contributed by atoms with E-state index in [0.29, 0.717) is 18.2 Å². The first-order valence-electron chi connectivity index (χ1n) is 8.49. The molecular weight excluding hydrogens is 374 g/mol. The summed E-state index contributed by atoms with van der Waals surface area (Å²) in [5.74, 6) is 0.144. The molecule has 1 aliphatic heterocycles. The van der Waals surface area contributed by atoms with E-state index in [1.807, 2.05) is 36.6 Å². The molecule has 2 aromatic rings. The second-order valence-corrected chi connectivity index (χ2v) is 7.54. The molecule has 0 aliphatic carbocycles. The van der Waals surface area contributed by atoms with E-state index in [4.69, 9.17) is 16.3 Å². The Morgan fingerprint density at radius 3 is 2.88 bits per heavy atom. The summed E-state index contributed by atoms with van der Waals surface area (Å²) in [5, 5.41) is 12.3. The summed E-state index contributed by atoms with van der Waals surface area (Å²) in [6.07, 6.45) is 1.68. The molecule has 9 heteroatoms. The van der Waals surface area contributed by atoms with Crippen LogP contribution in [0.1, 0.15) is 19.9 Å². The molecule has 1 aliphatic rings. The molecule has 0 bridgehead atoms. The fraction of sp³-hybridized carbons (Fsp3) is 0.471. The van der Waals surface area contributed by atoms with Crippen molar-refractivity contribution in [1.29, 1.82) is 0 Å². The minimum absolute atomic E-state index is 0.106. The second-order valence-electron chi connectivity index (χ2n) is 6.19. The lowest BCUT2D eigenvalue weighted by Gasteiger charge is -2.31. The second kappa shape index (κ2) is 8.75. The average molecular weight is 396 g/mol. The Kier molecular flexibility index (Phi) is 6.39. The summed E-state index contributed by atoms with van der Waals surface area (Å²) in [6.45, 7) is 6.90. The quantitative estimate of drug-likeness (QED) is 0.758. The van der Waals surface area contributed by atoms with Crippen molar-refractivity contribution in [3.8, 4) is 0 Å². The Hall–Kier alpha value is -1.77. The van der Waals surface area contributed by atoms with E-state index in [0.717, 1.165) is 29.6 Å². The number of amides is 1. The van der Waals surface area contributed by atoms with Crippen molar-refractivity contribution >= 4 is 40.6 Å². The van der Waals surface area contributed by atoms with Crippen molar-refractivity contribution in [3.05, 3.63) is 29.5 Å². The third-order valence-corrected chi connectivity index (χ3v) is 5.28. The Morgan fingerprint density at radius 1 is 1.38 bits per heavy atom. The molecule has 1 aromatic heterocycles. The largest absolute Gasteiger partial charge is 0.378 e. The molecule has 0 atom stereocenters. The number of para-hydroxylation sites is 1. The molecule has 1 aromatic carbocycles. The third-order valence-electron chi connectivity index (χ3n) is 4.02. The number of carbonyl (C=O) groups excluding carboxylic acids is 1. The van der Waals surface area contributed by atoms with Crippen LogP contribution >= 0.6 is 23.4 Å². The molecule has 1 amide bonds. The van der Waals surface area contributed by atoms with Gasteiger partial charge in [0.15, 0.2) is 5.16 Å². The van der Waals surface area contributed by atoms with Gasteiger partial charge in [0, 0.05) is 19.1 Å². The van der Waals surface area contributed by atoms with E-state index in [2.05, 4.69) is 20.4 Å². The van der Waals surface area contributed by atoms with Gasteiger partial charge in [0.2, 0.25) is 5.91 Å². The first kappa shape index (κ1) is 19.0. The first-order chi connectivity index (χ1) is 12.6. The molecule has 1 saturated heterocycles. The van der Waals surface area contributed by atoms with Gasteiger partial charge in [0.25, 0.3) is 0 Å². The Bertz CT molecular complexity index is 761. The maximum atomic E-state index is 12.5. The van der Waals surface area contributed by atoms with Gasteiger partial charge in [-0.15, -0.1) is 10.2 Å². The van der Waals surface area contributed by atoms with Crippen LogP contribution in [-0.2, 0) is 9.53 Å². The van der Waals surface area contributed by atoms with Gasteiger partial charge in [-0.3, -0.25) is 4.79 Å². The van der Waals surface area contributed by atoms with Crippen molar-refractivity contribution < 1.29 is 9.53 Å². The molecule has 1 fully saturated rings. The van der Waals surface area contributed by atoms with Crippen molar-refractivity contribution in [2.45, 2.75) is 25.0 Å². The molecule has 3 rings (SSSR count). The number of thioether (sulfide) groups is 1. The molecular formula is C17H22ClN5O2S. The lowest BCUT2D eigenvalue weighted by Crippen LogP contribution is -2.37. The predicted octanol–water partition coefficient (Wildman–Crippen LogP) is 3.08. The fourth-order valence-electron chi connectivity index (χ4n) is 2.73. The number of morpholine rings is 1.